The molecule has 1 aliphatic rings. The normalized spacial score (nSPS) is 37.3. The van der Waals surface area contributed by atoms with E-state index < -0.39 is 30.5 Å². The number of aliphatic hydroxyl groups is 2. The van der Waals surface area contributed by atoms with Gasteiger partial charge >= 0.3 is 0 Å². The zero-order valence-corrected chi connectivity index (χ0v) is 22.6. The Morgan fingerprint density at radius 2 is 1.88 bits per heavy atom. The van der Waals surface area contributed by atoms with Gasteiger partial charge in [-0.3, -0.25) is 4.79 Å². The Hall–Kier alpha value is -1.38. The van der Waals surface area contributed by atoms with Crippen molar-refractivity contribution in [1.29, 1.82) is 0 Å². The summed E-state index contributed by atoms with van der Waals surface area (Å²) in [6.45, 7) is 14.0. The number of carbonyl (C=O) groups excluding carboxylic acids is 1. The first-order valence-electron chi connectivity index (χ1n) is 12.5. The summed E-state index contributed by atoms with van der Waals surface area (Å²) in [6, 6.07) is -0.467. The summed E-state index contributed by atoms with van der Waals surface area (Å²) < 4.78 is 5.99. The number of carbonyl (C=O) groups is 1. The predicted octanol–water partition coefficient (Wildman–Crippen LogP) is 4.88. The number of thiazole rings is 1. The summed E-state index contributed by atoms with van der Waals surface area (Å²) in [7, 11) is 0. The molecule has 0 saturated heterocycles. The number of aliphatic hydroxyl groups excluding tert-OH is 2. The number of nitrogens with two attached hydrogens (primary N) is 1. The van der Waals surface area contributed by atoms with E-state index in [-0.39, 0.29) is 24.0 Å². The largest absolute Gasteiger partial charge is 0.392 e. The quantitative estimate of drug-likeness (QED) is 0.508. The van der Waals surface area contributed by atoms with Crippen molar-refractivity contribution in [1.82, 2.24) is 4.98 Å². The van der Waals surface area contributed by atoms with Gasteiger partial charge in [-0.15, -0.1) is 11.3 Å². The molecule has 0 bridgehead atoms. The molecule has 1 aliphatic heterocycles. The molecule has 1 aromatic rings. The van der Waals surface area contributed by atoms with Crippen LogP contribution in [0.4, 0.5) is 0 Å². The van der Waals surface area contributed by atoms with Crippen LogP contribution in [0.2, 0.25) is 0 Å². The molecule has 0 aromatic carbocycles. The van der Waals surface area contributed by atoms with E-state index in [1.165, 1.54) is 5.57 Å². The van der Waals surface area contributed by atoms with Gasteiger partial charge in [0.15, 0.2) is 6.29 Å². The van der Waals surface area contributed by atoms with Crippen LogP contribution in [-0.4, -0.2) is 45.5 Å². The maximum Gasteiger partial charge on any atom is 0.157 e. The number of nitrogens with zero attached hydrogens (tertiary/aromatic N) is 1. The van der Waals surface area contributed by atoms with E-state index in [9.17, 15) is 15.0 Å². The number of ether oxygens (including phenoxy) is 1. The highest BCUT2D eigenvalue weighted by atomic mass is 32.1. The fourth-order valence-corrected chi connectivity index (χ4v) is 5.29. The molecular formula is C27H44N2O4S. The molecule has 2 rings (SSSR count). The van der Waals surface area contributed by atoms with Gasteiger partial charge in [0.25, 0.3) is 0 Å². The first-order chi connectivity index (χ1) is 15.9. The first kappa shape index (κ1) is 28.9. The summed E-state index contributed by atoms with van der Waals surface area (Å²) in [6.07, 6.45) is 4.01. The Morgan fingerprint density at radius 1 is 1.21 bits per heavy atom. The molecule has 3 unspecified atom stereocenters. The fraction of sp³-hybridized carbons (Fsp3) is 0.704. The lowest BCUT2D eigenvalue weighted by Gasteiger charge is -2.31. The molecule has 0 fully saturated rings. The van der Waals surface area contributed by atoms with E-state index in [0.717, 1.165) is 35.5 Å². The van der Waals surface area contributed by atoms with Crippen LogP contribution in [0, 0.1) is 30.6 Å². The molecule has 1 aromatic heterocycles. The molecule has 34 heavy (non-hydrogen) atoms. The van der Waals surface area contributed by atoms with Crippen LogP contribution in [0.5, 0.6) is 0 Å². The van der Waals surface area contributed by atoms with Crippen LogP contribution in [0.1, 0.15) is 77.9 Å². The van der Waals surface area contributed by atoms with Gasteiger partial charge in [0, 0.05) is 23.6 Å². The monoisotopic (exact) mass is 492 g/mol. The molecule has 0 spiro atoms. The van der Waals surface area contributed by atoms with Gasteiger partial charge < -0.3 is 20.7 Å². The predicted molar refractivity (Wildman–Crippen MR) is 139 cm³/mol. The summed E-state index contributed by atoms with van der Waals surface area (Å²) in [5, 5.41) is 24.4. The van der Waals surface area contributed by atoms with Crippen molar-refractivity contribution in [2.45, 2.75) is 98.7 Å². The van der Waals surface area contributed by atoms with Crippen molar-refractivity contribution in [3.05, 3.63) is 33.3 Å². The van der Waals surface area contributed by atoms with Gasteiger partial charge in [0.2, 0.25) is 0 Å². The minimum Gasteiger partial charge on any atom is -0.392 e. The molecule has 2 heterocycles. The number of allylic oxidation sites excluding steroid dienone is 1. The second-order valence-electron chi connectivity index (χ2n) is 10.3. The van der Waals surface area contributed by atoms with E-state index in [4.69, 9.17) is 10.5 Å². The lowest BCUT2D eigenvalue weighted by atomic mass is 9.76. The molecule has 0 amide bonds. The molecule has 192 valence electrons. The van der Waals surface area contributed by atoms with Crippen LogP contribution in [0.25, 0.3) is 6.08 Å². The van der Waals surface area contributed by atoms with E-state index in [0.29, 0.717) is 5.92 Å². The second-order valence-corrected chi connectivity index (χ2v) is 11.4. The maximum absolute atomic E-state index is 13.1. The molecule has 4 N–H and O–H groups in total. The van der Waals surface area contributed by atoms with Crippen molar-refractivity contribution < 1.29 is 19.7 Å². The minimum atomic E-state index is -1.25. The van der Waals surface area contributed by atoms with E-state index in [2.05, 4.69) is 25.8 Å². The molecule has 0 radical (unpaired) electrons. The standard InChI is InChI=1S/C27H44N2O4S/c1-15-9-8-10-16(2)18(4)19(5)26(32)20(6)24(30)13-25(31)33-27(23(28)11-15)17(3)12-22-14-34-21(7)29-22/h11-12,14,16,18-20,23-25,27,30-31H,8-10,13,28H2,1-7H3/b15-11-,17-12+/t16-,18-,19+,20?,23?,24-,25?,27+/m0/s1. The zero-order valence-electron chi connectivity index (χ0n) is 21.8. The number of hydrogen-bond acceptors (Lipinski definition) is 7. The summed E-state index contributed by atoms with van der Waals surface area (Å²) in [5.41, 5.74) is 9.41. The smallest absolute Gasteiger partial charge is 0.157 e. The first-order valence-corrected chi connectivity index (χ1v) is 13.4. The number of ketones is 1. The van der Waals surface area contributed by atoms with Crippen LogP contribution >= 0.6 is 11.3 Å². The average Bonchev–Trinajstić information content (AvgIpc) is 3.18. The van der Waals surface area contributed by atoms with Crippen molar-refractivity contribution in [3.63, 3.8) is 0 Å². The van der Waals surface area contributed by atoms with E-state index in [1.807, 2.05) is 38.3 Å². The Balaban J connectivity index is 2.34. The third kappa shape index (κ3) is 8.09. The van der Waals surface area contributed by atoms with E-state index >= 15 is 0 Å². The summed E-state index contributed by atoms with van der Waals surface area (Å²) in [4.78, 5) is 17.6. The van der Waals surface area contributed by atoms with E-state index in [1.54, 1.807) is 18.3 Å². The van der Waals surface area contributed by atoms with Gasteiger partial charge in [-0.25, -0.2) is 4.98 Å². The third-order valence-electron chi connectivity index (χ3n) is 7.43. The van der Waals surface area contributed by atoms with Crippen molar-refractivity contribution in [2.75, 3.05) is 0 Å². The third-order valence-corrected chi connectivity index (χ3v) is 8.22. The highest BCUT2D eigenvalue weighted by Gasteiger charge is 2.33. The molecule has 6 nitrogen and oxygen atoms in total. The Labute approximate surface area is 209 Å². The number of aromatic nitrogens is 1. The molecule has 0 saturated carbocycles. The van der Waals surface area contributed by atoms with Gasteiger partial charge in [0.05, 0.1) is 22.8 Å². The lowest BCUT2D eigenvalue weighted by molar-refractivity contribution is -0.152. The number of Topliss-reactive ketones (excluding diaryl/α,β-unsaturated/α-hetero) is 1. The zero-order chi connectivity index (χ0) is 25.6. The van der Waals surface area contributed by atoms with Gasteiger partial charge in [-0.05, 0) is 57.1 Å². The summed E-state index contributed by atoms with van der Waals surface area (Å²) in [5.74, 6) is -0.0966. The van der Waals surface area contributed by atoms with Crippen molar-refractivity contribution in [3.8, 4) is 0 Å². The highest BCUT2D eigenvalue weighted by Crippen LogP contribution is 2.30. The van der Waals surface area contributed by atoms with Crippen molar-refractivity contribution in [2.24, 2.45) is 29.4 Å². The number of aryl methyl sites for hydroxylation is 1. The van der Waals surface area contributed by atoms with Gasteiger partial charge in [-0.2, -0.15) is 0 Å². The Kier molecular flexibility index (Phi) is 11.1. The molecule has 7 heteroatoms. The van der Waals surface area contributed by atoms with Gasteiger partial charge in [0.1, 0.15) is 11.9 Å². The Morgan fingerprint density at radius 3 is 2.50 bits per heavy atom. The Bertz CT molecular complexity index is 865. The second kappa shape index (κ2) is 13.1. The van der Waals surface area contributed by atoms with Crippen LogP contribution in [0.15, 0.2) is 22.6 Å². The number of hydrogen-bond donors (Lipinski definition) is 3. The van der Waals surface area contributed by atoms with Crippen LogP contribution in [-0.2, 0) is 9.53 Å². The lowest BCUT2D eigenvalue weighted by Crippen LogP contribution is -2.41. The minimum absolute atomic E-state index is 0.0328. The van der Waals surface area contributed by atoms with Crippen molar-refractivity contribution >= 4 is 23.2 Å². The SMILES string of the molecule is C/C1=C/C(N)[C@@H](/C(C)=C/c2csc(C)n2)OC(O)C[C@H](O)C(C)C(=O)[C@H](C)[C@@H](C)[C@@H](C)CCC1. The average molecular weight is 493 g/mol. The highest BCUT2D eigenvalue weighted by molar-refractivity contribution is 7.09. The fourth-order valence-electron chi connectivity index (χ4n) is 4.72. The van der Waals surface area contributed by atoms with Crippen LogP contribution < -0.4 is 5.73 Å². The molecule has 8 atom stereocenters. The summed E-state index contributed by atoms with van der Waals surface area (Å²) >= 11 is 1.57. The van der Waals surface area contributed by atoms with Crippen LogP contribution in [0.3, 0.4) is 0 Å². The molecular weight excluding hydrogens is 448 g/mol. The number of rotatable bonds is 2. The topological polar surface area (TPSA) is 106 Å². The maximum atomic E-state index is 13.1. The molecule has 0 aliphatic carbocycles. The van der Waals surface area contributed by atoms with Gasteiger partial charge in [-0.1, -0.05) is 45.8 Å².